The highest BCUT2D eigenvalue weighted by atomic mass is 32.1. The Morgan fingerprint density at radius 1 is 1.39 bits per heavy atom. The van der Waals surface area contributed by atoms with Crippen LogP contribution in [0.5, 0.6) is 0 Å². The van der Waals surface area contributed by atoms with Gasteiger partial charge in [0.05, 0.1) is 25.3 Å². The van der Waals surface area contributed by atoms with Crippen molar-refractivity contribution in [2.45, 2.75) is 37.9 Å². The van der Waals surface area contributed by atoms with E-state index in [-0.39, 0.29) is 11.7 Å². The van der Waals surface area contributed by atoms with Crippen LogP contribution in [0.3, 0.4) is 0 Å². The number of amides is 1. The van der Waals surface area contributed by atoms with Gasteiger partial charge < -0.3 is 14.8 Å². The van der Waals surface area contributed by atoms with Crippen LogP contribution in [0, 0.1) is 5.92 Å². The van der Waals surface area contributed by atoms with E-state index >= 15 is 0 Å². The van der Waals surface area contributed by atoms with E-state index in [1.807, 2.05) is 22.2 Å². The second kappa shape index (κ2) is 6.22. The van der Waals surface area contributed by atoms with Gasteiger partial charge in [0.2, 0.25) is 5.91 Å². The predicted molar refractivity (Wildman–Crippen MR) is 86.4 cm³/mol. The van der Waals surface area contributed by atoms with E-state index < -0.39 is 0 Å². The summed E-state index contributed by atoms with van der Waals surface area (Å²) >= 11 is 1.58. The molecule has 23 heavy (non-hydrogen) atoms. The van der Waals surface area contributed by atoms with Crippen molar-refractivity contribution < 1.29 is 14.3 Å². The summed E-state index contributed by atoms with van der Waals surface area (Å²) in [6, 6.07) is 0. The van der Waals surface area contributed by atoms with Crippen molar-refractivity contribution in [3.63, 3.8) is 0 Å². The van der Waals surface area contributed by atoms with Gasteiger partial charge in [0.15, 0.2) is 10.7 Å². The van der Waals surface area contributed by atoms with E-state index in [2.05, 4.69) is 10.3 Å². The lowest BCUT2D eigenvalue weighted by Gasteiger charge is -2.35. The molecule has 7 heteroatoms. The maximum absolute atomic E-state index is 12.1. The number of carbonyl (C=O) groups excluding carboxylic acids is 1. The number of hydrogen-bond donors (Lipinski definition) is 1. The first kappa shape index (κ1) is 15.1. The van der Waals surface area contributed by atoms with Gasteiger partial charge in [-0.2, -0.15) is 0 Å². The molecular weight excluding hydrogens is 314 g/mol. The lowest BCUT2D eigenvalue weighted by molar-refractivity contribution is -0.182. The third-order valence-electron chi connectivity index (χ3n) is 4.75. The summed E-state index contributed by atoms with van der Waals surface area (Å²) in [6.45, 7) is 2.16. The Morgan fingerprint density at radius 2 is 2.17 bits per heavy atom. The average molecular weight is 335 g/mol. The summed E-state index contributed by atoms with van der Waals surface area (Å²) in [4.78, 5) is 17.5. The molecule has 3 heterocycles. The van der Waals surface area contributed by atoms with Gasteiger partial charge in [-0.05, 0) is 18.8 Å². The first-order valence-corrected chi connectivity index (χ1v) is 9.06. The fraction of sp³-hybridized carbons (Fsp3) is 0.625. The summed E-state index contributed by atoms with van der Waals surface area (Å²) in [5, 5.41) is 5.04. The van der Waals surface area contributed by atoms with Crippen molar-refractivity contribution in [1.82, 2.24) is 14.7 Å². The topological polar surface area (TPSA) is 64.9 Å². The van der Waals surface area contributed by atoms with Crippen LogP contribution < -0.4 is 5.32 Å². The van der Waals surface area contributed by atoms with Crippen molar-refractivity contribution in [3.05, 3.63) is 23.5 Å². The van der Waals surface area contributed by atoms with Crippen molar-refractivity contribution in [3.8, 4) is 0 Å². The SMILES string of the molecule is O=C(Cc1cn2ccsc2n1)NCC1CCC2(CC1)OCCO2. The van der Waals surface area contributed by atoms with Crippen LogP contribution in [0.15, 0.2) is 17.8 Å². The van der Waals surface area contributed by atoms with E-state index in [9.17, 15) is 4.79 Å². The van der Waals surface area contributed by atoms with Gasteiger partial charge in [-0.3, -0.25) is 9.20 Å². The maximum atomic E-state index is 12.1. The number of rotatable bonds is 4. The zero-order valence-corrected chi connectivity index (χ0v) is 13.8. The second-order valence-electron chi connectivity index (χ2n) is 6.36. The van der Waals surface area contributed by atoms with E-state index in [0.717, 1.165) is 42.9 Å². The molecule has 1 amide bonds. The molecule has 4 rings (SSSR count). The Balaban J connectivity index is 1.23. The number of hydrogen-bond acceptors (Lipinski definition) is 5. The Hall–Kier alpha value is -1.44. The third kappa shape index (κ3) is 3.27. The molecule has 2 aromatic heterocycles. The molecule has 1 saturated heterocycles. The van der Waals surface area contributed by atoms with Crippen LogP contribution >= 0.6 is 11.3 Å². The maximum Gasteiger partial charge on any atom is 0.226 e. The zero-order chi connectivity index (χ0) is 15.7. The number of nitrogens with one attached hydrogen (secondary N) is 1. The van der Waals surface area contributed by atoms with Gasteiger partial charge in [-0.1, -0.05) is 0 Å². The van der Waals surface area contributed by atoms with Crippen molar-refractivity contribution in [2.75, 3.05) is 19.8 Å². The summed E-state index contributed by atoms with van der Waals surface area (Å²) in [7, 11) is 0. The molecule has 2 aromatic rings. The van der Waals surface area contributed by atoms with Crippen LogP contribution in [-0.2, 0) is 20.7 Å². The third-order valence-corrected chi connectivity index (χ3v) is 5.52. The summed E-state index contributed by atoms with van der Waals surface area (Å²) in [6.07, 6.45) is 8.18. The molecule has 0 aromatic carbocycles. The second-order valence-corrected chi connectivity index (χ2v) is 7.23. The van der Waals surface area contributed by atoms with Gasteiger partial charge in [0.25, 0.3) is 0 Å². The van der Waals surface area contributed by atoms with Crippen LogP contribution in [-0.4, -0.2) is 40.8 Å². The Labute approximate surface area is 138 Å². The summed E-state index contributed by atoms with van der Waals surface area (Å²) < 4.78 is 13.4. The number of imidazole rings is 1. The van der Waals surface area contributed by atoms with Gasteiger partial charge in [0.1, 0.15) is 0 Å². The van der Waals surface area contributed by atoms with Crippen LogP contribution in [0.4, 0.5) is 0 Å². The van der Waals surface area contributed by atoms with Crippen LogP contribution in [0.1, 0.15) is 31.4 Å². The highest BCUT2D eigenvalue weighted by Gasteiger charge is 2.40. The summed E-state index contributed by atoms with van der Waals surface area (Å²) in [5.41, 5.74) is 0.824. The molecule has 0 unspecified atom stereocenters. The molecule has 0 atom stereocenters. The standard InChI is InChI=1S/C16H21N3O3S/c20-14(9-13-11-19-5-8-23-15(19)18-13)17-10-12-1-3-16(4-2-12)21-6-7-22-16/h5,8,11-12H,1-4,6-7,9-10H2,(H,17,20). The highest BCUT2D eigenvalue weighted by Crippen LogP contribution is 2.37. The number of thiazole rings is 1. The normalized spacial score (nSPS) is 21.2. The Bertz CT molecular complexity index is 651. The number of aromatic nitrogens is 2. The predicted octanol–water partition coefficient (Wildman–Crippen LogP) is 1.99. The zero-order valence-electron chi connectivity index (χ0n) is 13.0. The molecule has 1 saturated carbocycles. The van der Waals surface area contributed by atoms with Crippen LogP contribution in [0.2, 0.25) is 0 Å². The highest BCUT2D eigenvalue weighted by molar-refractivity contribution is 7.15. The minimum atomic E-state index is -0.317. The Morgan fingerprint density at radius 3 is 2.91 bits per heavy atom. The van der Waals surface area contributed by atoms with Gasteiger partial charge in [0, 0.05) is 37.2 Å². The number of fused-ring (bicyclic) bond motifs is 1. The lowest BCUT2D eigenvalue weighted by atomic mass is 9.85. The summed E-state index contributed by atoms with van der Waals surface area (Å²) in [5.74, 6) is 0.246. The van der Waals surface area contributed by atoms with Crippen molar-refractivity contribution >= 4 is 22.2 Å². The number of nitrogens with zero attached hydrogens (tertiary/aromatic N) is 2. The minimum Gasteiger partial charge on any atom is -0.355 e. The van der Waals surface area contributed by atoms with E-state index in [1.165, 1.54) is 0 Å². The molecule has 2 aliphatic rings. The minimum absolute atomic E-state index is 0.0457. The Kier molecular flexibility index (Phi) is 4.09. The lowest BCUT2D eigenvalue weighted by Crippen LogP contribution is -2.39. The number of ether oxygens (including phenoxy) is 2. The molecule has 124 valence electrons. The van der Waals surface area contributed by atoms with Crippen molar-refractivity contribution in [1.29, 1.82) is 0 Å². The number of carbonyl (C=O) groups is 1. The molecule has 0 bridgehead atoms. The fourth-order valence-corrected chi connectivity index (χ4v) is 4.17. The average Bonchev–Trinajstić information content (AvgIpc) is 3.24. The molecular formula is C16H21N3O3S. The van der Waals surface area contributed by atoms with Gasteiger partial charge >= 0.3 is 0 Å². The van der Waals surface area contributed by atoms with E-state index in [1.54, 1.807) is 11.3 Å². The molecule has 0 radical (unpaired) electrons. The van der Waals surface area contributed by atoms with Crippen molar-refractivity contribution in [2.24, 2.45) is 5.92 Å². The van der Waals surface area contributed by atoms with Gasteiger partial charge in [-0.15, -0.1) is 11.3 Å². The van der Waals surface area contributed by atoms with E-state index in [0.29, 0.717) is 25.6 Å². The largest absolute Gasteiger partial charge is 0.355 e. The van der Waals surface area contributed by atoms with Crippen LogP contribution in [0.25, 0.3) is 4.96 Å². The first-order chi connectivity index (χ1) is 11.2. The monoisotopic (exact) mass is 335 g/mol. The molecule has 1 aliphatic carbocycles. The molecule has 1 N–H and O–H groups in total. The van der Waals surface area contributed by atoms with E-state index in [4.69, 9.17) is 9.47 Å². The molecule has 1 spiro atoms. The first-order valence-electron chi connectivity index (χ1n) is 8.18. The smallest absolute Gasteiger partial charge is 0.226 e. The molecule has 6 nitrogen and oxygen atoms in total. The quantitative estimate of drug-likeness (QED) is 0.928. The fourth-order valence-electron chi connectivity index (χ4n) is 3.45. The molecule has 2 fully saturated rings. The molecule has 1 aliphatic heterocycles. The van der Waals surface area contributed by atoms with Gasteiger partial charge in [-0.25, -0.2) is 4.98 Å².